The monoisotopic (exact) mass is 518 g/mol. The zero-order valence-corrected chi connectivity index (χ0v) is 20.6. The maximum Gasteiger partial charge on any atom is 0.243 e. The minimum atomic E-state index is -4.29. The number of anilines is 1. The molecule has 0 aliphatic rings. The lowest BCUT2D eigenvalue weighted by Crippen LogP contribution is -2.36. The fraction of sp³-hybridized carbons (Fsp3) is 0.273. The molecule has 36 heavy (non-hydrogen) atoms. The van der Waals surface area contributed by atoms with Crippen LogP contribution < -0.4 is 14.2 Å². The molecule has 0 amide bonds. The molecular weight excluding hydrogens is 495 g/mol. The molecule has 3 heterocycles. The van der Waals surface area contributed by atoms with Crippen molar-refractivity contribution >= 4 is 16.0 Å². The number of para-hydroxylation sites is 1. The molecule has 0 fully saturated rings. The van der Waals surface area contributed by atoms with E-state index in [2.05, 4.69) is 24.9 Å². The second-order valence-electron chi connectivity index (χ2n) is 7.96. The molecule has 0 spiro atoms. The molecule has 12 nitrogen and oxygen atoms in total. The Hall–Kier alpha value is -4.04. The highest BCUT2D eigenvalue weighted by Crippen LogP contribution is 2.38. The first kappa shape index (κ1) is 25.1. The summed E-state index contributed by atoms with van der Waals surface area (Å²) in [6.07, 6.45) is 1.66. The van der Waals surface area contributed by atoms with Crippen LogP contribution in [0.2, 0.25) is 0 Å². The third kappa shape index (κ3) is 4.99. The molecule has 0 saturated heterocycles. The van der Waals surface area contributed by atoms with E-state index in [9.17, 15) is 17.9 Å². The molecule has 14 heteroatoms. The number of halogens is 1. The van der Waals surface area contributed by atoms with Gasteiger partial charge in [0.15, 0.2) is 17.4 Å². The standard InChI is InChI=1S/C22H23FN6O6S/c1-13-8-9-17(35-13)19-26-27-21(29(19)18-15(33-3)6-5-7-16(18)34-4)28-36(31,32)12-22(2,30)20-24-10-14(23)11-25-20/h5-11,30H,12H2,1-4H3,(H,27,28). The summed E-state index contributed by atoms with van der Waals surface area (Å²) in [6, 6.07) is 8.39. The summed E-state index contributed by atoms with van der Waals surface area (Å²) in [5.74, 6) is -0.332. The van der Waals surface area contributed by atoms with Crippen molar-refractivity contribution in [3.05, 3.63) is 60.1 Å². The van der Waals surface area contributed by atoms with Gasteiger partial charge >= 0.3 is 0 Å². The van der Waals surface area contributed by atoms with E-state index in [0.717, 1.165) is 12.4 Å². The summed E-state index contributed by atoms with van der Waals surface area (Å²) in [7, 11) is -1.40. The van der Waals surface area contributed by atoms with Crippen molar-refractivity contribution in [2.45, 2.75) is 19.4 Å². The smallest absolute Gasteiger partial charge is 0.243 e. The fourth-order valence-electron chi connectivity index (χ4n) is 3.53. The molecule has 1 atom stereocenters. The molecule has 2 N–H and O–H groups in total. The van der Waals surface area contributed by atoms with Crippen LogP contribution in [0.15, 0.2) is 47.1 Å². The second kappa shape index (κ2) is 9.54. The van der Waals surface area contributed by atoms with E-state index in [1.54, 1.807) is 37.3 Å². The highest BCUT2D eigenvalue weighted by molar-refractivity contribution is 7.92. The molecule has 4 rings (SSSR count). The number of furan rings is 1. The van der Waals surface area contributed by atoms with Crippen molar-refractivity contribution in [3.8, 4) is 28.8 Å². The molecule has 190 valence electrons. The lowest BCUT2D eigenvalue weighted by atomic mass is 10.1. The maximum atomic E-state index is 13.2. The van der Waals surface area contributed by atoms with Crippen LogP contribution in [-0.4, -0.2) is 58.2 Å². The largest absolute Gasteiger partial charge is 0.494 e. The SMILES string of the molecule is COc1cccc(OC)c1-n1c(NS(=O)(=O)CC(C)(O)c2ncc(F)cn2)nnc1-c1ccc(C)o1. The molecule has 0 aliphatic heterocycles. The first-order valence-corrected chi connectivity index (χ1v) is 12.1. The highest BCUT2D eigenvalue weighted by atomic mass is 32.2. The van der Waals surface area contributed by atoms with Crippen molar-refractivity contribution in [3.63, 3.8) is 0 Å². The third-order valence-corrected chi connectivity index (χ3v) is 6.50. The molecule has 0 aliphatic carbocycles. The van der Waals surface area contributed by atoms with Gasteiger partial charge in [-0.3, -0.25) is 9.29 Å². The van der Waals surface area contributed by atoms with Crippen molar-refractivity contribution < 1.29 is 31.8 Å². The summed E-state index contributed by atoms with van der Waals surface area (Å²) in [5.41, 5.74) is -1.74. The molecule has 4 aromatic rings. The Balaban J connectivity index is 1.80. The Bertz CT molecular complexity index is 1460. The normalized spacial score (nSPS) is 13.3. The Kier molecular flexibility index (Phi) is 6.65. The number of benzene rings is 1. The van der Waals surface area contributed by atoms with E-state index in [1.807, 2.05) is 0 Å². The van der Waals surface area contributed by atoms with Gasteiger partial charge in [-0.25, -0.2) is 22.8 Å². The first-order chi connectivity index (χ1) is 17.0. The molecule has 1 aromatic carbocycles. The summed E-state index contributed by atoms with van der Waals surface area (Å²) < 4.78 is 59.8. The van der Waals surface area contributed by atoms with Gasteiger partial charge in [0.05, 0.1) is 26.6 Å². The lowest BCUT2D eigenvalue weighted by molar-refractivity contribution is 0.0719. The van der Waals surface area contributed by atoms with Crippen molar-refractivity contribution in [2.75, 3.05) is 24.7 Å². The van der Waals surface area contributed by atoms with Gasteiger partial charge in [0, 0.05) is 0 Å². The fourth-order valence-corrected chi connectivity index (χ4v) is 4.88. The summed E-state index contributed by atoms with van der Waals surface area (Å²) in [6.45, 7) is 2.95. The number of aromatic nitrogens is 5. The van der Waals surface area contributed by atoms with Gasteiger partial charge in [0.25, 0.3) is 0 Å². The number of rotatable bonds is 9. The van der Waals surface area contributed by atoms with Gasteiger partial charge in [-0.15, -0.1) is 10.2 Å². The van der Waals surface area contributed by atoms with Gasteiger partial charge in [0.2, 0.25) is 21.8 Å². The van der Waals surface area contributed by atoms with E-state index in [4.69, 9.17) is 13.9 Å². The van der Waals surface area contributed by atoms with Gasteiger partial charge in [-0.05, 0) is 38.1 Å². The van der Waals surface area contributed by atoms with Gasteiger partial charge in [0.1, 0.15) is 34.3 Å². The highest BCUT2D eigenvalue weighted by Gasteiger charge is 2.35. The van der Waals surface area contributed by atoms with Crippen molar-refractivity contribution in [2.24, 2.45) is 0 Å². The van der Waals surface area contributed by atoms with E-state index >= 15 is 0 Å². The summed E-state index contributed by atoms with van der Waals surface area (Å²) in [4.78, 5) is 7.38. The van der Waals surface area contributed by atoms with E-state index in [-0.39, 0.29) is 17.6 Å². The third-order valence-electron chi connectivity index (χ3n) is 5.07. The minimum Gasteiger partial charge on any atom is -0.494 e. The first-order valence-electron chi connectivity index (χ1n) is 10.5. The second-order valence-corrected chi connectivity index (χ2v) is 9.69. The average molecular weight is 519 g/mol. The number of sulfonamides is 1. The minimum absolute atomic E-state index is 0.164. The number of nitrogens with zero attached hydrogens (tertiary/aromatic N) is 5. The predicted molar refractivity (Wildman–Crippen MR) is 126 cm³/mol. The zero-order chi connectivity index (χ0) is 26.1. The quantitative estimate of drug-likeness (QED) is 0.337. The molecule has 0 saturated carbocycles. The van der Waals surface area contributed by atoms with Gasteiger partial charge in [-0.1, -0.05) is 6.07 Å². The zero-order valence-electron chi connectivity index (χ0n) is 19.8. The van der Waals surface area contributed by atoms with Gasteiger partial charge in [-0.2, -0.15) is 0 Å². The summed E-state index contributed by atoms with van der Waals surface area (Å²) >= 11 is 0. The van der Waals surface area contributed by atoms with Crippen LogP contribution >= 0.6 is 0 Å². The Labute approximate surface area is 205 Å². The van der Waals surface area contributed by atoms with Crippen molar-refractivity contribution in [1.29, 1.82) is 0 Å². The van der Waals surface area contributed by atoms with Crippen LogP contribution in [0, 0.1) is 12.7 Å². The van der Waals surface area contributed by atoms with Crippen LogP contribution in [-0.2, 0) is 15.6 Å². The van der Waals surface area contributed by atoms with E-state index in [1.165, 1.54) is 25.7 Å². The number of aryl methyl sites for hydroxylation is 1. The number of nitrogens with one attached hydrogen (secondary N) is 1. The number of ether oxygens (including phenoxy) is 2. The summed E-state index contributed by atoms with van der Waals surface area (Å²) in [5, 5.41) is 18.9. The molecule has 1 unspecified atom stereocenters. The predicted octanol–water partition coefficient (Wildman–Crippen LogP) is 2.43. The van der Waals surface area contributed by atoms with Crippen LogP contribution in [0.3, 0.4) is 0 Å². The van der Waals surface area contributed by atoms with Gasteiger partial charge < -0.3 is 19.0 Å². The van der Waals surface area contributed by atoms with E-state index in [0.29, 0.717) is 28.7 Å². The number of hydrogen-bond acceptors (Lipinski definition) is 10. The van der Waals surface area contributed by atoms with Crippen LogP contribution in [0.5, 0.6) is 11.5 Å². The Morgan fingerprint density at radius 1 is 1.11 bits per heavy atom. The maximum absolute atomic E-state index is 13.2. The number of methoxy groups -OCH3 is 2. The molecule has 0 bridgehead atoms. The van der Waals surface area contributed by atoms with Crippen LogP contribution in [0.4, 0.5) is 10.3 Å². The molecule has 3 aromatic heterocycles. The van der Waals surface area contributed by atoms with Crippen LogP contribution in [0.1, 0.15) is 18.5 Å². The topological polar surface area (TPSA) is 154 Å². The van der Waals surface area contributed by atoms with Crippen molar-refractivity contribution in [1.82, 2.24) is 24.7 Å². The number of aliphatic hydroxyl groups is 1. The van der Waals surface area contributed by atoms with Crippen LogP contribution in [0.25, 0.3) is 17.3 Å². The molecular formula is C22H23FN6O6S. The molecule has 0 radical (unpaired) electrons. The Morgan fingerprint density at radius 2 is 1.75 bits per heavy atom. The lowest BCUT2D eigenvalue weighted by Gasteiger charge is -2.22. The number of hydrogen-bond donors (Lipinski definition) is 2. The average Bonchev–Trinajstić information content (AvgIpc) is 3.43. The Morgan fingerprint density at radius 3 is 2.31 bits per heavy atom. The van der Waals surface area contributed by atoms with E-state index < -0.39 is 27.2 Å².